The number of hydrogen-bond donors (Lipinski definition) is 1. The lowest BCUT2D eigenvalue weighted by Gasteiger charge is -2.25. The zero-order chi connectivity index (χ0) is 17.3. The number of pyridine rings is 1. The van der Waals surface area contributed by atoms with Crippen molar-refractivity contribution >= 4 is 15.9 Å². The molecule has 0 radical (unpaired) electrons. The molecule has 1 aliphatic rings. The highest BCUT2D eigenvalue weighted by Crippen LogP contribution is 2.27. The lowest BCUT2D eigenvalue weighted by molar-refractivity contribution is 0.0945. The third-order valence-electron chi connectivity index (χ3n) is 4.40. The van der Waals surface area contributed by atoms with Crippen molar-refractivity contribution in [2.24, 2.45) is 0 Å². The highest BCUT2D eigenvalue weighted by atomic mass is 32.2. The van der Waals surface area contributed by atoms with E-state index in [-0.39, 0.29) is 16.8 Å². The van der Waals surface area contributed by atoms with Gasteiger partial charge in [0.1, 0.15) is 0 Å². The molecule has 0 aliphatic carbocycles. The number of fused-ring (bicyclic) bond motifs is 1. The van der Waals surface area contributed by atoms with Gasteiger partial charge in [-0.2, -0.15) is 4.31 Å². The molecule has 1 atom stereocenters. The lowest BCUT2D eigenvalue weighted by atomic mass is 10.0. The van der Waals surface area contributed by atoms with E-state index in [4.69, 9.17) is 0 Å². The molecule has 0 saturated carbocycles. The Morgan fingerprint density at radius 2 is 2.08 bits per heavy atom. The van der Waals surface area contributed by atoms with E-state index in [1.165, 1.54) is 17.4 Å². The van der Waals surface area contributed by atoms with E-state index in [1.807, 2.05) is 6.07 Å². The largest absolute Gasteiger partial charge is 0.352 e. The summed E-state index contributed by atoms with van der Waals surface area (Å²) in [5.41, 5.74) is 2.12. The van der Waals surface area contributed by atoms with Crippen molar-refractivity contribution in [1.82, 2.24) is 14.6 Å². The first-order valence-electron chi connectivity index (χ1n) is 7.70. The monoisotopic (exact) mass is 345 g/mol. The Hall–Kier alpha value is -2.25. The molecule has 0 spiro atoms. The van der Waals surface area contributed by atoms with Crippen molar-refractivity contribution in [1.29, 1.82) is 0 Å². The van der Waals surface area contributed by atoms with E-state index < -0.39 is 10.0 Å². The third-order valence-corrected chi connectivity index (χ3v) is 6.32. The highest BCUT2D eigenvalue weighted by Gasteiger charge is 2.28. The van der Waals surface area contributed by atoms with Crippen molar-refractivity contribution in [2.75, 3.05) is 13.6 Å². The van der Waals surface area contributed by atoms with Crippen LogP contribution in [-0.4, -0.2) is 37.2 Å². The number of rotatable bonds is 4. The van der Waals surface area contributed by atoms with Gasteiger partial charge in [0.2, 0.25) is 10.0 Å². The Balaban J connectivity index is 1.96. The Labute approximate surface area is 141 Å². The SMILES string of the molecule is C[C@H](c1cccnc1)N(C)S(=O)(=O)c1ccc2c(c1)C(=O)NCC2. The average molecular weight is 345 g/mol. The summed E-state index contributed by atoms with van der Waals surface area (Å²) in [6, 6.07) is 8.00. The normalized spacial score (nSPS) is 15.7. The van der Waals surface area contributed by atoms with Crippen LogP contribution in [-0.2, 0) is 16.4 Å². The lowest BCUT2D eigenvalue weighted by Crippen LogP contribution is -2.33. The van der Waals surface area contributed by atoms with Crippen LogP contribution in [0.15, 0.2) is 47.6 Å². The summed E-state index contributed by atoms with van der Waals surface area (Å²) in [6.45, 7) is 2.38. The summed E-state index contributed by atoms with van der Waals surface area (Å²) >= 11 is 0. The molecule has 0 unspecified atom stereocenters. The zero-order valence-corrected chi connectivity index (χ0v) is 14.4. The number of hydrogen-bond acceptors (Lipinski definition) is 4. The summed E-state index contributed by atoms with van der Waals surface area (Å²) in [5.74, 6) is -0.226. The van der Waals surface area contributed by atoms with Crippen LogP contribution in [0, 0.1) is 0 Å². The molecular formula is C17H19N3O3S. The van der Waals surface area contributed by atoms with Gasteiger partial charge in [0.05, 0.1) is 4.90 Å². The van der Waals surface area contributed by atoms with Crippen LogP contribution in [0.1, 0.15) is 34.5 Å². The van der Waals surface area contributed by atoms with Crippen LogP contribution in [0.25, 0.3) is 0 Å². The van der Waals surface area contributed by atoms with E-state index >= 15 is 0 Å². The maximum Gasteiger partial charge on any atom is 0.251 e. The molecule has 0 bridgehead atoms. The predicted molar refractivity (Wildman–Crippen MR) is 90.1 cm³/mol. The molecule has 1 aromatic heterocycles. The zero-order valence-electron chi connectivity index (χ0n) is 13.6. The number of carbonyl (C=O) groups excluding carboxylic acids is 1. The van der Waals surface area contributed by atoms with Gasteiger partial charge in [-0.1, -0.05) is 12.1 Å². The van der Waals surface area contributed by atoms with Crippen LogP contribution < -0.4 is 5.32 Å². The molecular weight excluding hydrogens is 326 g/mol. The fourth-order valence-electron chi connectivity index (χ4n) is 2.76. The van der Waals surface area contributed by atoms with E-state index in [1.54, 1.807) is 37.5 Å². The molecule has 1 aromatic carbocycles. The smallest absolute Gasteiger partial charge is 0.251 e. The highest BCUT2D eigenvalue weighted by molar-refractivity contribution is 7.89. The van der Waals surface area contributed by atoms with Gasteiger partial charge in [0.25, 0.3) is 5.91 Å². The average Bonchev–Trinajstić information content (AvgIpc) is 2.61. The summed E-state index contributed by atoms with van der Waals surface area (Å²) in [4.78, 5) is 16.1. The van der Waals surface area contributed by atoms with Gasteiger partial charge >= 0.3 is 0 Å². The summed E-state index contributed by atoms with van der Waals surface area (Å²) in [7, 11) is -2.18. The summed E-state index contributed by atoms with van der Waals surface area (Å²) in [5, 5.41) is 2.74. The maximum atomic E-state index is 12.9. The van der Waals surface area contributed by atoms with E-state index in [0.29, 0.717) is 18.5 Å². The van der Waals surface area contributed by atoms with Crippen LogP contribution in [0.3, 0.4) is 0 Å². The molecule has 24 heavy (non-hydrogen) atoms. The van der Waals surface area contributed by atoms with Gasteiger partial charge in [-0.3, -0.25) is 9.78 Å². The minimum Gasteiger partial charge on any atom is -0.352 e. The molecule has 3 rings (SSSR count). The third kappa shape index (κ3) is 2.92. The second-order valence-electron chi connectivity index (χ2n) is 5.81. The standard InChI is InChI=1S/C17H19N3O3S/c1-12(14-4-3-8-18-11-14)20(2)24(22,23)15-6-5-13-7-9-19-17(21)16(13)10-15/h3-6,8,10-12H,7,9H2,1-2H3,(H,19,21)/t12-/m1/s1. The minimum absolute atomic E-state index is 0.122. The Morgan fingerprint density at radius 1 is 1.29 bits per heavy atom. The van der Waals surface area contributed by atoms with Crippen molar-refractivity contribution < 1.29 is 13.2 Å². The summed E-state index contributed by atoms with van der Waals surface area (Å²) in [6.07, 6.45) is 4.01. The number of nitrogens with zero attached hydrogens (tertiary/aromatic N) is 2. The van der Waals surface area contributed by atoms with E-state index in [0.717, 1.165) is 11.1 Å². The van der Waals surface area contributed by atoms with Gasteiger partial charge in [-0.05, 0) is 42.7 Å². The van der Waals surface area contributed by atoms with Gasteiger partial charge in [0, 0.05) is 37.6 Å². The number of amides is 1. The molecule has 2 heterocycles. The number of sulfonamides is 1. The van der Waals surface area contributed by atoms with Crippen molar-refractivity contribution in [3.8, 4) is 0 Å². The molecule has 0 saturated heterocycles. The number of benzene rings is 1. The molecule has 1 N–H and O–H groups in total. The van der Waals surface area contributed by atoms with Gasteiger partial charge in [-0.15, -0.1) is 0 Å². The maximum absolute atomic E-state index is 12.9. The molecule has 1 aliphatic heterocycles. The van der Waals surface area contributed by atoms with Crippen LogP contribution in [0.4, 0.5) is 0 Å². The second-order valence-corrected chi connectivity index (χ2v) is 7.81. The first-order valence-corrected chi connectivity index (χ1v) is 9.14. The molecule has 1 amide bonds. The molecule has 7 heteroatoms. The molecule has 126 valence electrons. The Morgan fingerprint density at radius 3 is 2.79 bits per heavy atom. The predicted octanol–water partition coefficient (Wildman–Crippen LogP) is 1.75. The number of nitrogens with one attached hydrogen (secondary N) is 1. The van der Waals surface area contributed by atoms with Gasteiger partial charge in [0.15, 0.2) is 0 Å². The quantitative estimate of drug-likeness (QED) is 0.915. The molecule has 2 aromatic rings. The molecule has 0 fully saturated rings. The molecule has 6 nitrogen and oxygen atoms in total. The van der Waals surface area contributed by atoms with Gasteiger partial charge in [-0.25, -0.2) is 8.42 Å². The van der Waals surface area contributed by atoms with Crippen LogP contribution in [0.5, 0.6) is 0 Å². The van der Waals surface area contributed by atoms with E-state index in [2.05, 4.69) is 10.3 Å². The first kappa shape index (κ1) is 16.6. The second kappa shape index (κ2) is 6.33. The topological polar surface area (TPSA) is 79.4 Å². The van der Waals surface area contributed by atoms with Crippen LogP contribution >= 0.6 is 0 Å². The van der Waals surface area contributed by atoms with Crippen molar-refractivity contribution in [3.63, 3.8) is 0 Å². The van der Waals surface area contributed by atoms with Gasteiger partial charge < -0.3 is 5.32 Å². The fraction of sp³-hybridized carbons (Fsp3) is 0.294. The van der Waals surface area contributed by atoms with Crippen LogP contribution in [0.2, 0.25) is 0 Å². The van der Waals surface area contributed by atoms with Crippen molar-refractivity contribution in [2.45, 2.75) is 24.3 Å². The Bertz CT molecular complexity index is 866. The Kier molecular flexibility index (Phi) is 4.38. The number of carbonyl (C=O) groups is 1. The minimum atomic E-state index is -3.72. The van der Waals surface area contributed by atoms with Crippen molar-refractivity contribution in [3.05, 3.63) is 59.4 Å². The number of aromatic nitrogens is 1. The summed E-state index contributed by atoms with van der Waals surface area (Å²) < 4.78 is 27.1. The van der Waals surface area contributed by atoms with E-state index in [9.17, 15) is 13.2 Å². The first-order chi connectivity index (χ1) is 11.4. The fourth-order valence-corrected chi connectivity index (χ4v) is 4.14.